The highest BCUT2D eigenvalue weighted by molar-refractivity contribution is 7.98. The monoisotopic (exact) mass is 454 g/mol. The molecule has 0 bridgehead atoms. The topological polar surface area (TPSA) is 84.0 Å². The van der Waals surface area contributed by atoms with Gasteiger partial charge >= 0.3 is 0 Å². The normalized spacial score (nSPS) is 11.6. The number of nitrogens with zero attached hydrogens (tertiary/aromatic N) is 2. The van der Waals surface area contributed by atoms with Gasteiger partial charge in [-0.15, -0.1) is 0 Å². The number of hydrogen-bond donors (Lipinski definition) is 2. The Bertz CT molecular complexity index is 1090. The van der Waals surface area contributed by atoms with Gasteiger partial charge in [-0.05, 0) is 48.9 Å². The fourth-order valence-electron chi connectivity index (χ4n) is 2.94. The van der Waals surface area contributed by atoms with Crippen molar-refractivity contribution < 1.29 is 9.59 Å². The molecule has 2 amide bonds. The molecule has 2 N–H and O–H groups in total. The Kier molecular flexibility index (Phi) is 7.65. The Hall–Kier alpha value is -2.90. The Morgan fingerprint density at radius 3 is 2.52 bits per heavy atom. The van der Waals surface area contributed by atoms with Crippen molar-refractivity contribution in [2.45, 2.75) is 31.5 Å². The summed E-state index contributed by atoms with van der Waals surface area (Å²) in [5.41, 5.74) is 3.83. The van der Waals surface area contributed by atoms with E-state index in [-0.39, 0.29) is 16.6 Å². The summed E-state index contributed by atoms with van der Waals surface area (Å²) < 4.78 is 0. The maximum Gasteiger partial charge on any atom is 0.272 e. The zero-order valence-electron chi connectivity index (χ0n) is 17.5. The molecule has 0 saturated carbocycles. The molecule has 8 heteroatoms. The maximum absolute atomic E-state index is 13.1. The summed E-state index contributed by atoms with van der Waals surface area (Å²) in [5.74, 6) is -0.852. The number of carbonyl (C=O) groups excluding carboxylic acids is 2. The first-order chi connectivity index (χ1) is 14.9. The molecule has 0 saturated heterocycles. The van der Waals surface area contributed by atoms with Crippen molar-refractivity contribution in [1.29, 1.82) is 0 Å². The molecular weight excluding hydrogens is 432 g/mol. The fourth-order valence-corrected chi connectivity index (χ4v) is 3.46. The number of thioether (sulfide) groups is 1. The molecule has 31 heavy (non-hydrogen) atoms. The molecule has 3 aromatic rings. The molecule has 1 heterocycles. The number of carbonyl (C=O) groups is 2. The van der Waals surface area contributed by atoms with Crippen LogP contribution in [0.25, 0.3) is 0 Å². The molecule has 0 aliphatic heterocycles. The Morgan fingerprint density at radius 2 is 1.84 bits per heavy atom. The van der Waals surface area contributed by atoms with Gasteiger partial charge in [0.2, 0.25) is 5.91 Å². The van der Waals surface area contributed by atoms with E-state index < -0.39 is 11.9 Å². The molecular formula is C23H23ClN4O2S. The van der Waals surface area contributed by atoms with Gasteiger partial charge in [-0.1, -0.05) is 59.8 Å². The van der Waals surface area contributed by atoms with E-state index >= 15 is 0 Å². The highest BCUT2D eigenvalue weighted by Gasteiger charge is 2.24. The van der Waals surface area contributed by atoms with Gasteiger partial charge in [-0.25, -0.2) is 9.97 Å². The van der Waals surface area contributed by atoms with E-state index in [1.54, 1.807) is 6.26 Å². The largest absolute Gasteiger partial charge is 0.338 e. The van der Waals surface area contributed by atoms with Crippen LogP contribution < -0.4 is 10.6 Å². The summed E-state index contributed by atoms with van der Waals surface area (Å²) in [7, 11) is 0. The average molecular weight is 455 g/mol. The quantitative estimate of drug-likeness (QED) is 0.407. The number of benzene rings is 2. The van der Waals surface area contributed by atoms with Gasteiger partial charge in [0.15, 0.2) is 10.9 Å². The number of amides is 2. The van der Waals surface area contributed by atoms with Gasteiger partial charge in [-0.3, -0.25) is 9.59 Å². The molecule has 6 nitrogen and oxygen atoms in total. The lowest BCUT2D eigenvalue weighted by Gasteiger charge is -2.19. The second-order valence-electron chi connectivity index (χ2n) is 7.06. The summed E-state index contributed by atoms with van der Waals surface area (Å²) in [6.07, 6.45) is 3.51. The van der Waals surface area contributed by atoms with Crippen molar-refractivity contribution in [3.63, 3.8) is 0 Å². The molecule has 0 spiro atoms. The first kappa shape index (κ1) is 22.8. The van der Waals surface area contributed by atoms with E-state index in [4.69, 9.17) is 11.6 Å². The van der Waals surface area contributed by atoms with Crippen LogP contribution in [-0.4, -0.2) is 34.1 Å². The van der Waals surface area contributed by atoms with Crippen LogP contribution in [0.15, 0.2) is 59.9 Å². The lowest BCUT2D eigenvalue weighted by Crippen LogP contribution is -2.45. The standard InChI is InChI=1S/C23H23ClN4O2S/c1-14-9-10-17(11-15(14)2)26-21(29)19(12-16-7-5-4-6-8-16)27-22(30)20-18(24)13-25-23(28-20)31-3/h4-11,13,19H,12H2,1-3H3,(H,26,29)(H,27,30)/t19-/m0/s1. The van der Waals surface area contributed by atoms with Crippen LogP contribution in [0, 0.1) is 13.8 Å². The molecule has 0 unspecified atom stereocenters. The smallest absolute Gasteiger partial charge is 0.272 e. The van der Waals surface area contributed by atoms with Crippen LogP contribution >= 0.6 is 23.4 Å². The molecule has 1 atom stereocenters. The third kappa shape index (κ3) is 6.06. The number of halogens is 1. The van der Waals surface area contributed by atoms with Crippen LogP contribution in [0.4, 0.5) is 5.69 Å². The number of nitrogens with one attached hydrogen (secondary N) is 2. The van der Waals surface area contributed by atoms with Crippen molar-refractivity contribution in [2.75, 3.05) is 11.6 Å². The third-order valence-electron chi connectivity index (χ3n) is 4.80. The average Bonchev–Trinajstić information content (AvgIpc) is 2.76. The van der Waals surface area contributed by atoms with E-state index in [2.05, 4.69) is 20.6 Å². The summed E-state index contributed by atoms with van der Waals surface area (Å²) in [5, 5.41) is 6.24. The summed E-state index contributed by atoms with van der Waals surface area (Å²) in [4.78, 5) is 34.3. The summed E-state index contributed by atoms with van der Waals surface area (Å²) in [6.45, 7) is 3.99. The minimum atomic E-state index is -0.819. The van der Waals surface area contributed by atoms with E-state index in [0.29, 0.717) is 17.3 Å². The number of aryl methyl sites for hydroxylation is 2. The first-order valence-corrected chi connectivity index (χ1v) is 11.3. The highest BCUT2D eigenvalue weighted by atomic mass is 35.5. The van der Waals surface area contributed by atoms with Crippen molar-refractivity contribution >= 4 is 40.9 Å². The summed E-state index contributed by atoms with van der Waals surface area (Å²) in [6, 6.07) is 14.4. The minimum absolute atomic E-state index is 0.0399. The summed E-state index contributed by atoms with van der Waals surface area (Å²) >= 11 is 7.44. The van der Waals surface area contributed by atoms with E-state index in [9.17, 15) is 9.59 Å². The predicted octanol–water partition coefficient (Wildman–Crippen LogP) is 4.45. The lowest BCUT2D eigenvalue weighted by molar-refractivity contribution is -0.118. The predicted molar refractivity (Wildman–Crippen MR) is 125 cm³/mol. The molecule has 0 aliphatic carbocycles. The molecule has 0 aliphatic rings. The molecule has 2 aromatic carbocycles. The van der Waals surface area contributed by atoms with E-state index in [0.717, 1.165) is 16.7 Å². The molecule has 3 rings (SSSR count). The lowest BCUT2D eigenvalue weighted by atomic mass is 10.0. The van der Waals surface area contributed by atoms with Gasteiger partial charge < -0.3 is 10.6 Å². The first-order valence-electron chi connectivity index (χ1n) is 9.67. The van der Waals surface area contributed by atoms with E-state index in [1.165, 1.54) is 18.0 Å². The van der Waals surface area contributed by atoms with Gasteiger partial charge in [-0.2, -0.15) is 0 Å². The number of aromatic nitrogens is 2. The van der Waals surface area contributed by atoms with Crippen LogP contribution in [0.1, 0.15) is 27.2 Å². The minimum Gasteiger partial charge on any atom is -0.338 e. The van der Waals surface area contributed by atoms with Crippen LogP contribution in [0.5, 0.6) is 0 Å². The van der Waals surface area contributed by atoms with Crippen LogP contribution in [0.3, 0.4) is 0 Å². The van der Waals surface area contributed by atoms with Gasteiger partial charge in [0, 0.05) is 12.1 Å². The number of rotatable bonds is 7. The second-order valence-corrected chi connectivity index (χ2v) is 8.24. The van der Waals surface area contributed by atoms with Crippen molar-refractivity contribution in [3.8, 4) is 0 Å². The molecule has 0 radical (unpaired) electrons. The zero-order valence-corrected chi connectivity index (χ0v) is 19.1. The Balaban J connectivity index is 1.84. The fraction of sp³-hybridized carbons (Fsp3) is 0.217. The van der Waals surface area contributed by atoms with Gasteiger partial charge in [0.25, 0.3) is 5.91 Å². The zero-order chi connectivity index (χ0) is 22.4. The molecule has 160 valence electrons. The third-order valence-corrected chi connectivity index (χ3v) is 5.64. The molecule has 1 aromatic heterocycles. The maximum atomic E-state index is 13.1. The van der Waals surface area contributed by atoms with E-state index in [1.807, 2.05) is 62.4 Å². The number of hydrogen-bond acceptors (Lipinski definition) is 5. The SMILES string of the molecule is CSc1ncc(Cl)c(C(=O)N[C@@H](Cc2ccccc2)C(=O)Nc2ccc(C)c(C)c2)n1. The van der Waals surface area contributed by atoms with Crippen LogP contribution in [0.2, 0.25) is 5.02 Å². The van der Waals surface area contributed by atoms with Gasteiger partial charge in [0.05, 0.1) is 11.2 Å². The van der Waals surface area contributed by atoms with Crippen molar-refractivity contribution in [3.05, 3.63) is 82.1 Å². The van der Waals surface area contributed by atoms with Crippen molar-refractivity contribution in [1.82, 2.24) is 15.3 Å². The second kappa shape index (κ2) is 10.4. The number of anilines is 1. The Labute approximate surface area is 190 Å². The van der Waals surface area contributed by atoms with Crippen LogP contribution in [-0.2, 0) is 11.2 Å². The molecule has 0 fully saturated rings. The van der Waals surface area contributed by atoms with Gasteiger partial charge in [0.1, 0.15) is 6.04 Å². The Morgan fingerprint density at radius 1 is 1.10 bits per heavy atom. The van der Waals surface area contributed by atoms with Crippen molar-refractivity contribution in [2.24, 2.45) is 0 Å². The highest BCUT2D eigenvalue weighted by Crippen LogP contribution is 2.18.